The molecule has 98 valence electrons. The number of carbonyl (C=O) groups excluding carboxylic acids is 1. The highest BCUT2D eigenvalue weighted by Gasteiger charge is 2.15. The molecule has 7 heteroatoms. The molecule has 0 spiro atoms. The summed E-state index contributed by atoms with van der Waals surface area (Å²) in [5.41, 5.74) is 3.09. The van der Waals surface area contributed by atoms with E-state index in [4.69, 9.17) is 4.74 Å². The number of aromatic nitrogens is 2. The Labute approximate surface area is 106 Å². The molecule has 0 bridgehead atoms. The summed E-state index contributed by atoms with van der Waals surface area (Å²) in [6.07, 6.45) is 3.02. The SMILES string of the molecule is CCNc1cnc(C(=O)NN2CCOCC2)cn1. The van der Waals surface area contributed by atoms with Crippen molar-refractivity contribution in [3.05, 3.63) is 18.1 Å². The molecule has 7 nitrogen and oxygen atoms in total. The van der Waals surface area contributed by atoms with Gasteiger partial charge >= 0.3 is 0 Å². The molecule has 0 unspecified atom stereocenters. The normalized spacial score (nSPS) is 16.3. The van der Waals surface area contributed by atoms with Crippen molar-refractivity contribution < 1.29 is 9.53 Å². The number of carbonyl (C=O) groups is 1. The molecule has 1 aromatic rings. The topological polar surface area (TPSA) is 79.4 Å². The monoisotopic (exact) mass is 251 g/mol. The molecule has 1 saturated heterocycles. The number of morpholine rings is 1. The zero-order valence-electron chi connectivity index (χ0n) is 10.3. The highest BCUT2D eigenvalue weighted by atomic mass is 16.5. The highest BCUT2D eigenvalue weighted by Crippen LogP contribution is 2.01. The van der Waals surface area contributed by atoms with Gasteiger partial charge in [-0.3, -0.25) is 10.2 Å². The minimum Gasteiger partial charge on any atom is -0.379 e. The quantitative estimate of drug-likeness (QED) is 0.777. The summed E-state index contributed by atoms with van der Waals surface area (Å²) in [5.74, 6) is 0.424. The third-order valence-electron chi connectivity index (χ3n) is 2.51. The number of nitrogens with one attached hydrogen (secondary N) is 2. The van der Waals surface area contributed by atoms with E-state index >= 15 is 0 Å². The van der Waals surface area contributed by atoms with E-state index in [-0.39, 0.29) is 5.91 Å². The average molecular weight is 251 g/mol. The van der Waals surface area contributed by atoms with E-state index in [9.17, 15) is 4.79 Å². The summed E-state index contributed by atoms with van der Waals surface area (Å²) in [6.45, 7) is 5.38. The van der Waals surface area contributed by atoms with Gasteiger partial charge in [-0.15, -0.1) is 0 Å². The molecule has 1 amide bonds. The van der Waals surface area contributed by atoms with Crippen LogP contribution in [0, 0.1) is 0 Å². The Morgan fingerprint density at radius 3 is 2.78 bits per heavy atom. The Bertz CT molecular complexity index is 389. The number of ether oxygens (including phenoxy) is 1. The van der Waals surface area contributed by atoms with Gasteiger partial charge in [-0.25, -0.2) is 15.0 Å². The molecule has 2 N–H and O–H groups in total. The van der Waals surface area contributed by atoms with Crippen LogP contribution in [-0.4, -0.2) is 53.7 Å². The van der Waals surface area contributed by atoms with E-state index in [1.165, 1.54) is 6.20 Å². The second kappa shape index (κ2) is 6.27. The second-order valence-corrected chi connectivity index (χ2v) is 3.86. The maximum atomic E-state index is 11.9. The van der Waals surface area contributed by atoms with Crippen molar-refractivity contribution in [2.24, 2.45) is 0 Å². The summed E-state index contributed by atoms with van der Waals surface area (Å²) in [7, 11) is 0. The molecule has 0 radical (unpaired) electrons. The first kappa shape index (κ1) is 12.7. The maximum absolute atomic E-state index is 11.9. The predicted octanol–water partition coefficient (Wildman–Crippen LogP) is -0.115. The first-order valence-corrected chi connectivity index (χ1v) is 5.99. The molecule has 1 aliphatic heterocycles. The fourth-order valence-corrected chi connectivity index (χ4v) is 1.59. The Morgan fingerprint density at radius 2 is 2.17 bits per heavy atom. The summed E-state index contributed by atoms with van der Waals surface area (Å²) in [6, 6.07) is 0. The first-order chi connectivity index (χ1) is 8.79. The van der Waals surface area contributed by atoms with Gasteiger partial charge in [0.05, 0.1) is 25.6 Å². The average Bonchev–Trinajstić information content (AvgIpc) is 2.41. The summed E-state index contributed by atoms with van der Waals surface area (Å²) >= 11 is 0. The molecule has 0 aromatic carbocycles. The number of hydrogen-bond donors (Lipinski definition) is 2. The van der Waals surface area contributed by atoms with Gasteiger partial charge < -0.3 is 10.1 Å². The first-order valence-electron chi connectivity index (χ1n) is 5.99. The summed E-state index contributed by atoms with van der Waals surface area (Å²) in [5, 5.41) is 4.85. The Kier molecular flexibility index (Phi) is 4.43. The van der Waals surface area contributed by atoms with Crippen molar-refractivity contribution in [3.8, 4) is 0 Å². The second-order valence-electron chi connectivity index (χ2n) is 3.86. The van der Waals surface area contributed by atoms with Gasteiger partial charge in [-0.05, 0) is 6.92 Å². The number of anilines is 1. The fourth-order valence-electron chi connectivity index (χ4n) is 1.59. The fraction of sp³-hybridized carbons (Fsp3) is 0.545. The van der Waals surface area contributed by atoms with Gasteiger partial charge in [0.1, 0.15) is 11.5 Å². The molecule has 2 heterocycles. The van der Waals surface area contributed by atoms with E-state index in [1.807, 2.05) is 11.9 Å². The van der Waals surface area contributed by atoms with Gasteiger partial charge in [0.25, 0.3) is 5.91 Å². The van der Waals surface area contributed by atoms with Crippen LogP contribution in [0.2, 0.25) is 0 Å². The van der Waals surface area contributed by atoms with Gasteiger partial charge in [0, 0.05) is 19.6 Å². The van der Waals surface area contributed by atoms with Crippen LogP contribution in [0.3, 0.4) is 0 Å². The number of amides is 1. The molecular weight excluding hydrogens is 234 g/mol. The van der Waals surface area contributed by atoms with E-state index in [2.05, 4.69) is 20.7 Å². The molecule has 2 rings (SSSR count). The highest BCUT2D eigenvalue weighted by molar-refractivity contribution is 5.91. The van der Waals surface area contributed by atoms with E-state index in [1.54, 1.807) is 6.20 Å². The maximum Gasteiger partial charge on any atom is 0.285 e. The summed E-state index contributed by atoms with van der Waals surface area (Å²) in [4.78, 5) is 20.0. The van der Waals surface area contributed by atoms with Gasteiger partial charge in [0.15, 0.2) is 0 Å². The van der Waals surface area contributed by atoms with Crippen LogP contribution in [0.5, 0.6) is 0 Å². The lowest BCUT2D eigenvalue weighted by atomic mass is 10.4. The number of nitrogens with zero attached hydrogens (tertiary/aromatic N) is 3. The molecule has 0 atom stereocenters. The molecular formula is C11H17N5O2. The van der Waals surface area contributed by atoms with Crippen molar-refractivity contribution in [3.63, 3.8) is 0 Å². The van der Waals surface area contributed by atoms with Gasteiger partial charge in [-0.1, -0.05) is 0 Å². The van der Waals surface area contributed by atoms with Crippen molar-refractivity contribution in [2.45, 2.75) is 6.92 Å². The zero-order chi connectivity index (χ0) is 12.8. The lowest BCUT2D eigenvalue weighted by Crippen LogP contribution is -2.48. The standard InChI is InChI=1S/C11H17N5O2/c1-2-12-10-8-13-9(7-14-10)11(17)15-16-3-5-18-6-4-16/h7-8H,2-6H2,1H3,(H,12,14)(H,15,17). The van der Waals surface area contributed by atoms with E-state index in [0.29, 0.717) is 37.8 Å². The number of hydrazine groups is 1. The lowest BCUT2D eigenvalue weighted by Gasteiger charge is -2.26. The van der Waals surface area contributed by atoms with Crippen LogP contribution in [0.15, 0.2) is 12.4 Å². The molecule has 1 aromatic heterocycles. The minimum atomic E-state index is -0.243. The molecule has 0 saturated carbocycles. The van der Waals surface area contributed by atoms with Crippen LogP contribution in [0.1, 0.15) is 17.4 Å². The van der Waals surface area contributed by atoms with Crippen molar-refractivity contribution >= 4 is 11.7 Å². The molecule has 1 fully saturated rings. The number of rotatable bonds is 4. The molecule has 1 aliphatic rings. The lowest BCUT2D eigenvalue weighted by molar-refractivity contribution is 0.0124. The van der Waals surface area contributed by atoms with Crippen LogP contribution >= 0.6 is 0 Å². The van der Waals surface area contributed by atoms with Crippen LogP contribution in [0.4, 0.5) is 5.82 Å². The van der Waals surface area contributed by atoms with Gasteiger partial charge in [-0.2, -0.15) is 0 Å². The van der Waals surface area contributed by atoms with E-state index in [0.717, 1.165) is 6.54 Å². The Hall–Kier alpha value is -1.73. The smallest absolute Gasteiger partial charge is 0.285 e. The van der Waals surface area contributed by atoms with Crippen LogP contribution in [-0.2, 0) is 4.74 Å². The molecule has 18 heavy (non-hydrogen) atoms. The van der Waals surface area contributed by atoms with Crippen molar-refractivity contribution in [1.82, 2.24) is 20.4 Å². The van der Waals surface area contributed by atoms with E-state index < -0.39 is 0 Å². The Morgan fingerprint density at radius 1 is 1.39 bits per heavy atom. The third-order valence-corrected chi connectivity index (χ3v) is 2.51. The van der Waals surface area contributed by atoms with Crippen molar-refractivity contribution in [1.29, 1.82) is 0 Å². The number of hydrogen-bond acceptors (Lipinski definition) is 6. The van der Waals surface area contributed by atoms with Gasteiger partial charge in [0.2, 0.25) is 0 Å². The molecule has 0 aliphatic carbocycles. The van der Waals surface area contributed by atoms with Crippen LogP contribution in [0.25, 0.3) is 0 Å². The Balaban J connectivity index is 1.91. The third kappa shape index (κ3) is 3.38. The van der Waals surface area contributed by atoms with Crippen LogP contribution < -0.4 is 10.7 Å². The van der Waals surface area contributed by atoms with Crippen molar-refractivity contribution in [2.75, 3.05) is 38.2 Å². The predicted molar refractivity (Wildman–Crippen MR) is 66.1 cm³/mol. The largest absolute Gasteiger partial charge is 0.379 e. The summed E-state index contributed by atoms with van der Waals surface area (Å²) < 4.78 is 5.20. The minimum absolute atomic E-state index is 0.243. The zero-order valence-corrected chi connectivity index (χ0v) is 10.3.